The number of nitrogens with one attached hydrogen (secondary N) is 2. The number of rotatable bonds is 11. The van der Waals surface area contributed by atoms with E-state index in [0.717, 1.165) is 6.07 Å². The van der Waals surface area contributed by atoms with Gasteiger partial charge in [0.15, 0.2) is 23.1 Å². The number of methoxy groups -OCH3 is 1. The smallest absolute Gasteiger partial charge is 1.00 e. The van der Waals surface area contributed by atoms with E-state index in [1.54, 1.807) is 42.5 Å². The number of carbonyl (C=O) groups is 3. The summed E-state index contributed by atoms with van der Waals surface area (Å²) in [6, 6.07) is 15.3. The van der Waals surface area contributed by atoms with Gasteiger partial charge in [0.05, 0.1) is 25.7 Å². The van der Waals surface area contributed by atoms with Gasteiger partial charge in [-0.15, -0.1) is 0 Å². The summed E-state index contributed by atoms with van der Waals surface area (Å²) in [5.74, 6) is -1.95. The van der Waals surface area contributed by atoms with Crippen molar-refractivity contribution in [2.45, 2.75) is 19.3 Å². The molecule has 3 aromatic carbocycles. The van der Waals surface area contributed by atoms with Crippen LogP contribution in [0.3, 0.4) is 0 Å². The average Bonchev–Trinajstić information content (AvgIpc) is 3.77. The molecule has 0 radical (unpaired) electrons. The summed E-state index contributed by atoms with van der Waals surface area (Å²) < 4.78 is 31.9. The minimum atomic E-state index is -1.25. The minimum Gasteiger partial charge on any atom is -1.00 e. The molecule has 0 unspecified atom stereocenters. The third kappa shape index (κ3) is 7.48. The van der Waals surface area contributed by atoms with Gasteiger partial charge in [0.2, 0.25) is 11.8 Å². The zero-order valence-corrected chi connectivity index (χ0v) is 26.0. The number of halogens is 2. The van der Waals surface area contributed by atoms with E-state index in [4.69, 9.17) is 30.9 Å². The van der Waals surface area contributed by atoms with Gasteiger partial charge in [-0.1, -0.05) is 17.7 Å². The summed E-state index contributed by atoms with van der Waals surface area (Å²) in [5, 5.41) is 15.2. The Labute approximate surface area is 283 Å². The van der Waals surface area contributed by atoms with Crippen LogP contribution in [0.1, 0.15) is 22.1 Å². The van der Waals surface area contributed by atoms with Crippen LogP contribution in [-0.4, -0.2) is 79.3 Å². The van der Waals surface area contributed by atoms with Crippen molar-refractivity contribution in [1.82, 2.24) is 4.98 Å². The number of carbonyl (C=O) groups excluding carboxylic acids is 2. The molecule has 4 aromatic rings. The average molecular weight is 636 g/mol. The SMILES string of the molecule is COc1cc2c(Oc3ccc(NC(=O)C4(C(=O)Nc5cccc(Cl)c5)CC4)cc3F)ccnc2cc1OCCC(=O)O.[Ca+2].[H-].[H-]. The number of carboxylic acid groups (broad SMARTS) is 1. The van der Waals surface area contributed by atoms with Gasteiger partial charge < -0.3 is 32.8 Å². The van der Waals surface area contributed by atoms with Crippen LogP contribution in [0.5, 0.6) is 23.0 Å². The number of aliphatic carboxylic acids is 1. The Balaban J connectivity index is 0.00000235. The number of carboxylic acids is 1. The second-order valence-corrected chi connectivity index (χ2v) is 10.0. The normalized spacial score (nSPS) is 12.9. The van der Waals surface area contributed by atoms with Crippen molar-refractivity contribution in [3.63, 3.8) is 0 Å². The molecule has 0 atom stereocenters. The molecular weight excluding hydrogens is 609 g/mol. The molecule has 3 N–H and O–H groups in total. The molecule has 10 nitrogen and oxygen atoms in total. The second-order valence-electron chi connectivity index (χ2n) is 9.57. The zero-order valence-electron chi connectivity index (χ0n) is 25.0. The summed E-state index contributed by atoms with van der Waals surface area (Å²) >= 11 is 5.97. The number of aromatic nitrogens is 1. The van der Waals surface area contributed by atoms with E-state index in [1.165, 1.54) is 25.4 Å². The van der Waals surface area contributed by atoms with E-state index < -0.39 is 29.0 Å². The van der Waals surface area contributed by atoms with Gasteiger partial charge in [-0.25, -0.2) is 4.39 Å². The summed E-state index contributed by atoms with van der Waals surface area (Å²) in [5.41, 5.74) is -0.161. The van der Waals surface area contributed by atoms with Gasteiger partial charge in [-0.3, -0.25) is 19.4 Å². The first-order valence-electron chi connectivity index (χ1n) is 12.9. The number of pyridine rings is 1. The Morgan fingerprint density at radius 2 is 1.70 bits per heavy atom. The first-order chi connectivity index (χ1) is 20.2. The molecular formula is C30H27CaClFN3O7. The molecule has 0 saturated heterocycles. The molecule has 13 heteroatoms. The number of benzene rings is 3. The van der Waals surface area contributed by atoms with Crippen LogP contribution in [0.4, 0.5) is 15.8 Å². The van der Waals surface area contributed by atoms with Gasteiger partial charge in [0.1, 0.15) is 11.2 Å². The van der Waals surface area contributed by atoms with Crippen LogP contribution in [-0.2, 0) is 14.4 Å². The van der Waals surface area contributed by atoms with Crippen LogP contribution in [0.15, 0.2) is 66.9 Å². The first kappa shape index (κ1) is 32.3. The van der Waals surface area contributed by atoms with E-state index in [2.05, 4.69) is 15.6 Å². The number of nitrogens with zero attached hydrogens (tertiary/aromatic N) is 1. The molecule has 1 heterocycles. The summed E-state index contributed by atoms with van der Waals surface area (Å²) in [6.07, 6.45) is 2.01. The molecule has 220 valence electrons. The van der Waals surface area contributed by atoms with Crippen molar-refractivity contribution in [1.29, 1.82) is 0 Å². The largest absolute Gasteiger partial charge is 2.00 e. The van der Waals surface area contributed by atoms with Crippen LogP contribution in [0.2, 0.25) is 5.02 Å². The van der Waals surface area contributed by atoms with Crippen LogP contribution < -0.4 is 24.8 Å². The van der Waals surface area contributed by atoms with E-state index in [0.29, 0.717) is 46.0 Å². The number of hydrogen-bond donors (Lipinski definition) is 3. The maximum Gasteiger partial charge on any atom is 2.00 e. The van der Waals surface area contributed by atoms with Gasteiger partial charge in [-0.2, -0.15) is 0 Å². The predicted molar refractivity (Wildman–Crippen MR) is 161 cm³/mol. The molecule has 5 rings (SSSR count). The number of hydrogen-bond acceptors (Lipinski definition) is 7. The Bertz CT molecular complexity index is 1710. The maximum absolute atomic E-state index is 15.1. The molecule has 0 aliphatic heterocycles. The Morgan fingerprint density at radius 1 is 0.977 bits per heavy atom. The van der Waals surface area contributed by atoms with Gasteiger partial charge in [-0.05, 0) is 55.3 Å². The molecule has 1 fully saturated rings. The standard InChI is InChI=1S/C30H25ClFN3O7.Ca.2H/c1-40-25-15-20-22(16-26(25)41-12-8-27(36)37)33-11-7-23(20)42-24-6-5-19(14-21(24)32)35-29(39)30(9-10-30)28(38)34-18-4-2-3-17(31)13-18;;;/h2-7,11,13-16H,8-10,12H2,1H3,(H,34,38)(H,35,39)(H,36,37);;;/q;+2;2*-1. The third-order valence-corrected chi connectivity index (χ3v) is 6.91. The fraction of sp³-hybridized carbons (Fsp3) is 0.200. The topological polar surface area (TPSA) is 136 Å². The van der Waals surface area contributed by atoms with Crippen molar-refractivity contribution in [3.05, 3.63) is 77.7 Å². The predicted octanol–water partition coefficient (Wildman–Crippen LogP) is 5.88. The molecule has 0 spiro atoms. The van der Waals surface area contributed by atoms with Crippen LogP contribution in [0.25, 0.3) is 10.9 Å². The molecule has 1 aliphatic rings. The van der Waals surface area contributed by atoms with Crippen molar-refractivity contribution in [3.8, 4) is 23.0 Å². The fourth-order valence-corrected chi connectivity index (χ4v) is 4.46. The van der Waals surface area contributed by atoms with Crippen LogP contribution >= 0.6 is 11.6 Å². The van der Waals surface area contributed by atoms with Crippen molar-refractivity contribution in [2.75, 3.05) is 24.4 Å². The summed E-state index contributed by atoms with van der Waals surface area (Å²) in [7, 11) is 1.43. The van der Waals surface area contributed by atoms with Crippen molar-refractivity contribution >= 4 is 89.4 Å². The zero-order chi connectivity index (χ0) is 29.9. The van der Waals surface area contributed by atoms with E-state index in [9.17, 15) is 14.4 Å². The number of amides is 2. The number of fused-ring (bicyclic) bond motifs is 1. The molecule has 1 aromatic heterocycles. The van der Waals surface area contributed by atoms with E-state index in [1.807, 2.05) is 0 Å². The molecule has 43 heavy (non-hydrogen) atoms. The summed E-state index contributed by atoms with van der Waals surface area (Å²) in [4.78, 5) is 41.0. The molecule has 1 aliphatic carbocycles. The van der Waals surface area contributed by atoms with Gasteiger partial charge in [0, 0.05) is 40.1 Å². The maximum atomic E-state index is 15.1. The van der Waals surface area contributed by atoms with Gasteiger partial charge in [0.25, 0.3) is 0 Å². The Morgan fingerprint density at radius 3 is 2.33 bits per heavy atom. The fourth-order valence-electron chi connectivity index (χ4n) is 4.27. The van der Waals surface area contributed by atoms with E-state index >= 15 is 4.39 Å². The van der Waals surface area contributed by atoms with Crippen molar-refractivity contribution in [2.24, 2.45) is 5.41 Å². The second kappa shape index (κ2) is 13.8. The summed E-state index contributed by atoms with van der Waals surface area (Å²) in [6.45, 7) is -0.0603. The number of anilines is 2. The third-order valence-electron chi connectivity index (χ3n) is 6.67. The Kier molecular flexibility index (Phi) is 10.3. The van der Waals surface area contributed by atoms with Crippen molar-refractivity contribution < 1.29 is 40.9 Å². The van der Waals surface area contributed by atoms with E-state index in [-0.39, 0.29) is 70.8 Å². The monoisotopic (exact) mass is 635 g/mol. The number of ether oxygens (including phenoxy) is 3. The molecule has 0 bridgehead atoms. The van der Waals surface area contributed by atoms with Gasteiger partial charge >= 0.3 is 43.7 Å². The minimum absolute atomic E-state index is 0. The quantitative estimate of drug-likeness (QED) is 0.137. The first-order valence-corrected chi connectivity index (χ1v) is 13.2. The van der Waals surface area contributed by atoms with Crippen LogP contribution in [0, 0.1) is 11.2 Å². The molecule has 2 amide bonds. The molecule has 1 saturated carbocycles. The Hall–Kier alpha value is -3.64.